The van der Waals surface area contributed by atoms with Crippen LogP contribution in [0.4, 0.5) is 8.78 Å². The van der Waals surface area contributed by atoms with E-state index in [9.17, 15) is 18.4 Å². The molecule has 0 aliphatic rings. The van der Waals surface area contributed by atoms with E-state index < -0.39 is 17.6 Å². The zero-order valence-electron chi connectivity index (χ0n) is 9.35. The van der Waals surface area contributed by atoms with Gasteiger partial charge in [0.05, 0.1) is 12.7 Å². The molecule has 0 fully saturated rings. The highest BCUT2D eigenvalue weighted by Gasteiger charge is 2.17. The maximum absolute atomic E-state index is 12.2. The first kappa shape index (κ1) is 14.4. The summed E-state index contributed by atoms with van der Waals surface area (Å²) in [7, 11) is 1.18. The fourth-order valence-corrected chi connectivity index (χ4v) is 1.64. The molecule has 8 heteroatoms. The summed E-state index contributed by atoms with van der Waals surface area (Å²) in [6.45, 7) is -0.330. The van der Waals surface area contributed by atoms with Crippen LogP contribution in [0.1, 0.15) is 10.4 Å². The van der Waals surface area contributed by atoms with Crippen molar-refractivity contribution in [3.05, 3.63) is 23.9 Å². The van der Waals surface area contributed by atoms with Crippen LogP contribution in [-0.4, -0.2) is 36.3 Å². The number of aromatic nitrogens is 1. The second-order valence-corrected chi connectivity index (χ2v) is 3.97. The molecule has 0 aliphatic heterocycles. The molecule has 0 saturated heterocycles. The van der Waals surface area contributed by atoms with Gasteiger partial charge in [0.25, 0.3) is 11.7 Å². The summed E-state index contributed by atoms with van der Waals surface area (Å²) < 4.78 is 28.8. The standard InChI is InChI=1S/C10H10F2N2O3S/c1-17-7(15)5-14-8(16)6-3-2-4-13-9(6)18-10(11)12/h2-4,10H,5H2,1H3,(H,14,16). The fraction of sp³-hybridized carbons (Fsp3) is 0.300. The number of esters is 1. The number of halogens is 2. The molecule has 0 atom stereocenters. The van der Waals surface area contributed by atoms with Gasteiger partial charge in [-0.3, -0.25) is 9.59 Å². The van der Waals surface area contributed by atoms with Gasteiger partial charge >= 0.3 is 5.97 Å². The Morgan fingerprint density at radius 1 is 1.56 bits per heavy atom. The Bertz CT molecular complexity index is 443. The van der Waals surface area contributed by atoms with Gasteiger partial charge in [-0.25, -0.2) is 4.98 Å². The highest BCUT2D eigenvalue weighted by atomic mass is 32.2. The summed E-state index contributed by atoms with van der Waals surface area (Å²) >= 11 is 0.172. The van der Waals surface area contributed by atoms with E-state index in [2.05, 4.69) is 15.0 Å². The third-order valence-corrected chi connectivity index (χ3v) is 2.56. The summed E-state index contributed by atoms with van der Waals surface area (Å²) in [6, 6.07) is 2.80. The van der Waals surface area contributed by atoms with Gasteiger partial charge in [-0.1, -0.05) is 0 Å². The van der Waals surface area contributed by atoms with Gasteiger partial charge in [-0.05, 0) is 23.9 Å². The number of hydrogen-bond acceptors (Lipinski definition) is 5. The number of pyridine rings is 1. The van der Waals surface area contributed by atoms with Crippen molar-refractivity contribution in [3.63, 3.8) is 0 Å². The van der Waals surface area contributed by atoms with Gasteiger partial charge < -0.3 is 10.1 Å². The minimum absolute atomic E-state index is 0.00768. The minimum Gasteiger partial charge on any atom is -0.468 e. The Balaban J connectivity index is 2.75. The van der Waals surface area contributed by atoms with Crippen molar-refractivity contribution < 1.29 is 23.1 Å². The van der Waals surface area contributed by atoms with Crippen molar-refractivity contribution in [3.8, 4) is 0 Å². The molecule has 0 aliphatic carbocycles. The number of carbonyl (C=O) groups is 2. The number of alkyl halides is 2. The van der Waals surface area contributed by atoms with E-state index in [1.807, 2.05) is 0 Å². The van der Waals surface area contributed by atoms with E-state index in [1.165, 1.54) is 25.4 Å². The number of methoxy groups -OCH3 is 1. The molecule has 98 valence electrons. The third kappa shape index (κ3) is 4.28. The molecule has 1 rings (SSSR count). The summed E-state index contributed by atoms with van der Waals surface area (Å²) in [4.78, 5) is 26.2. The van der Waals surface area contributed by atoms with Crippen LogP contribution < -0.4 is 5.32 Å². The van der Waals surface area contributed by atoms with Crippen molar-refractivity contribution in [2.75, 3.05) is 13.7 Å². The van der Waals surface area contributed by atoms with E-state index in [0.717, 1.165) is 0 Å². The van der Waals surface area contributed by atoms with E-state index >= 15 is 0 Å². The van der Waals surface area contributed by atoms with Crippen LogP contribution >= 0.6 is 11.8 Å². The number of ether oxygens (including phenoxy) is 1. The molecule has 1 N–H and O–H groups in total. The normalized spacial score (nSPS) is 10.2. The maximum atomic E-state index is 12.2. The van der Waals surface area contributed by atoms with Crippen LogP contribution in [0.25, 0.3) is 0 Å². The SMILES string of the molecule is COC(=O)CNC(=O)c1cccnc1SC(F)F. The summed E-state index contributed by atoms with van der Waals surface area (Å²) in [5.41, 5.74) is -0.00768. The van der Waals surface area contributed by atoms with Crippen LogP contribution in [0.3, 0.4) is 0 Å². The number of hydrogen-bond donors (Lipinski definition) is 1. The van der Waals surface area contributed by atoms with Gasteiger partial charge in [0.2, 0.25) is 0 Å². The minimum atomic E-state index is -2.67. The molecule has 1 aromatic rings. The Morgan fingerprint density at radius 3 is 2.89 bits per heavy atom. The van der Waals surface area contributed by atoms with Crippen LogP contribution in [0, 0.1) is 0 Å². The van der Waals surface area contributed by atoms with E-state index in [1.54, 1.807) is 0 Å². The van der Waals surface area contributed by atoms with Crippen molar-refractivity contribution in [1.82, 2.24) is 10.3 Å². The molecule has 0 radical (unpaired) electrons. The first-order chi connectivity index (χ1) is 8.54. The van der Waals surface area contributed by atoms with Crippen molar-refractivity contribution in [1.29, 1.82) is 0 Å². The fourth-order valence-electron chi connectivity index (χ4n) is 1.06. The first-order valence-corrected chi connectivity index (χ1v) is 5.67. The van der Waals surface area contributed by atoms with Crippen molar-refractivity contribution in [2.24, 2.45) is 0 Å². The second-order valence-electron chi connectivity index (χ2n) is 2.99. The average molecular weight is 276 g/mol. The molecule has 0 unspecified atom stereocenters. The highest BCUT2D eigenvalue weighted by molar-refractivity contribution is 7.99. The molecule has 0 bridgehead atoms. The van der Waals surface area contributed by atoms with Gasteiger partial charge in [0.15, 0.2) is 0 Å². The van der Waals surface area contributed by atoms with E-state index in [-0.39, 0.29) is 28.9 Å². The largest absolute Gasteiger partial charge is 0.468 e. The topological polar surface area (TPSA) is 68.3 Å². The van der Waals surface area contributed by atoms with Gasteiger partial charge in [0, 0.05) is 6.20 Å². The van der Waals surface area contributed by atoms with Gasteiger partial charge in [-0.15, -0.1) is 0 Å². The van der Waals surface area contributed by atoms with Crippen LogP contribution in [0.15, 0.2) is 23.4 Å². The lowest BCUT2D eigenvalue weighted by molar-refractivity contribution is -0.139. The van der Waals surface area contributed by atoms with E-state index in [4.69, 9.17) is 0 Å². The molecule has 18 heavy (non-hydrogen) atoms. The van der Waals surface area contributed by atoms with Crippen molar-refractivity contribution >= 4 is 23.6 Å². The first-order valence-electron chi connectivity index (χ1n) is 4.79. The lowest BCUT2D eigenvalue weighted by Gasteiger charge is -2.07. The summed E-state index contributed by atoms with van der Waals surface area (Å²) in [6.07, 6.45) is 1.31. The number of carbonyl (C=O) groups excluding carboxylic acids is 2. The predicted molar refractivity (Wildman–Crippen MR) is 60.4 cm³/mol. The Labute approximate surface area is 106 Å². The van der Waals surface area contributed by atoms with Gasteiger partial charge in [0.1, 0.15) is 11.6 Å². The van der Waals surface area contributed by atoms with E-state index in [0.29, 0.717) is 0 Å². The van der Waals surface area contributed by atoms with Crippen LogP contribution in [-0.2, 0) is 9.53 Å². The average Bonchev–Trinajstić information content (AvgIpc) is 2.35. The Kier molecular flexibility index (Phi) is 5.50. The number of amides is 1. The zero-order valence-corrected chi connectivity index (χ0v) is 10.2. The molecular formula is C10H10F2N2O3S. The zero-order chi connectivity index (χ0) is 13.5. The molecular weight excluding hydrogens is 266 g/mol. The molecule has 0 aromatic carbocycles. The maximum Gasteiger partial charge on any atom is 0.325 e. The van der Waals surface area contributed by atoms with Crippen molar-refractivity contribution in [2.45, 2.75) is 10.8 Å². The van der Waals surface area contributed by atoms with Gasteiger partial charge in [-0.2, -0.15) is 8.78 Å². The summed E-state index contributed by atoms with van der Waals surface area (Å²) in [5.74, 6) is -3.96. The van der Waals surface area contributed by atoms with Crippen LogP contribution in [0.5, 0.6) is 0 Å². The molecule has 1 aromatic heterocycles. The summed E-state index contributed by atoms with van der Waals surface area (Å²) in [5, 5.41) is 2.16. The molecule has 1 amide bonds. The lowest BCUT2D eigenvalue weighted by Crippen LogP contribution is -2.30. The smallest absolute Gasteiger partial charge is 0.325 e. The number of nitrogens with one attached hydrogen (secondary N) is 1. The number of rotatable bonds is 5. The Hall–Kier alpha value is -1.70. The second kappa shape index (κ2) is 6.90. The molecule has 1 heterocycles. The monoisotopic (exact) mass is 276 g/mol. The molecule has 0 spiro atoms. The predicted octanol–water partition coefficient (Wildman–Crippen LogP) is 1.30. The molecule has 5 nitrogen and oxygen atoms in total. The number of nitrogens with zero attached hydrogens (tertiary/aromatic N) is 1. The number of thioether (sulfide) groups is 1. The van der Waals surface area contributed by atoms with Crippen LogP contribution in [0.2, 0.25) is 0 Å². The quantitative estimate of drug-likeness (QED) is 0.648. The molecule has 0 saturated carbocycles. The third-order valence-electron chi connectivity index (χ3n) is 1.84. The highest BCUT2D eigenvalue weighted by Crippen LogP contribution is 2.26. The lowest BCUT2D eigenvalue weighted by atomic mass is 10.2. The Morgan fingerprint density at radius 2 is 2.28 bits per heavy atom.